The predicted molar refractivity (Wildman–Crippen MR) is 192 cm³/mol. The van der Waals surface area contributed by atoms with Gasteiger partial charge in [-0.3, -0.25) is 18.7 Å². The SMILES string of the molecule is CC(C)(CCNC(=S)NCCCNC(=S)NCCC(C)(C)Cn1c(O)c2c(cc1=O)SCC2)Cn1c(O)c2c(cc1=O)SCC2. The molecule has 0 bridgehead atoms. The molecular formula is C31H46N6O4S4. The second kappa shape index (κ2) is 15.4. The molecule has 0 saturated heterocycles. The molecule has 10 nitrogen and oxygen atoms in total. The Balaban J connectivity index is 1.07. The lowest BCUT2D eigenvalue weighted by molar-refractivity contribution is 0.258. The maximum atomic E-state index is 12.6. The molecule has 0 spiro atoms. The smallest absolute Gasteiger partial charge is 0.254 e. The van der Waals surface area contributed by atoms with Crippen LogP contribution in [-0.2, 0) is 25.9 Å². The molecule has 2 aromatic rings. The summed E-state index contributed by atoms with van der Waals surface area (Å²) in [4.78, 5) is 27.0. The molecule has 0 aromatic carbocycles. The van der Waals surface area contributed by atoms with E-state index >= 15 is 0 Å². The molecule has 14 heteroatoms. The highest BCUT2D eigenvalue weighted by Gasteiger charge is 2.26. The summed E-state index contributed by atoms with van der Waals surface area (Å²) in [5.41, 5.74) is 1.02. The van der Waals surface area contributed by atoms with Crippen LogP contribution >= 0.6 is 48.0 Å². The van der Waals surface area contributed by atoms with E-state index in [0.717, 1.165) is 64.5 Å². The summed E-state index contributed by atoms with van der Waals surface area (Å²) >= 11 is 14.1. The Labute approximate surface area is 284 Å². The average molecular weight is 695 g/mol. The topological polar surface area (TPSA) is 133 Å². The normalized spacial score (nSPS) is 14.1. The first-order valence-corrected chi connectivity index (χ1v) is 18.3. The van der Waals surface area contributed by atoms with Gasteiger partial charge < -0.3 is 31.5 Å². The Bertz CT molecular complexity index is 1410. The van der Waals surface area contributed by atoms with Gasteiger partial charge in [-0.1, -0.05) is 27.7 Å². The van der Waals surface area contributed by atoms with E-state index in [1.54, 1.807) is 35.7 Å². The molecule has 45 heavy (non-hydrogen) atoms. The molecule has 2 aliphatic heterocycles. The third-order valence-corrected chi connectivity index (χ3v) is 10.9. The van der Waals surface area contributed by atoms with Gasteiger partial charge in [-0.15, -0.1) is 23.5 Å². The van der Waals surface area contributed by atoms with E-state index in [1.807, 2.05) is 0 Å². The van der Waals surface area contributed by atoms with E-state index in [9.17, 15) is 19.8 Å². The molecule has 2 aliphatic rings. The molecule has 0 radical (unpaired) electrons. The lowest BCUT2D eigenvalue weighted by Crippen LogP contribution is -2.41. The fraction of sp³-hybridized carbons (Fsp3) is 0.613. The van der Waals surface area contributed by atoms with Crippen LogP contribution in [0.3, 0.4) is 0 Å². The number of thioether (sulfide) groups is 2. The summed E-state index contributed by atoms with van der Waals surface area (Å²) in [6.07, 6.45) is 3.94. The van der Waals surface area contributed by atoms with E-state index in [2.05, 4.69) is 49.0 Å². The van der Waals surface area contributed by atoms with Crippen molar-refractivity contribution in [2.45, 2.75) is 82.7 Å². The number of hydrogen-bond donors (Lipinski definition) is 6. The van der Waals surface area contributed by atoms with E-state index in [-0.39, 0.29) is 33.7 Å². The molecule has 4 heterocycles. The lowest BCUT2D eigenvalue weighted by atomic mass is 9.89. The van der Waals surface area contributed by atoms with Crippen molar-refractivity contribution in [2.75, 3.05) is 37.7 Å². The highest BCUT2D eigenvalue weighted by atomic mass is 32.2. The highest BCUT2D eigenvalue weighted by molar-refractivity contribution is 7.99. The van der Waals surface area contributed by atoms with Crippen molar-refractivity contribution in [1.82, 2.24) is 30.4 Å². The zero-order valence-corrected chi connectivity index (χ0v) is 29.9. The molecule has 0 amide bonds. The number of aromatic hydroxyl groups is 2. The zero-order chi connectivity index (χ0) is 32.8. The summed E-state index contributed by atoms with van der Waals surface area (Å²) in [7, 11) is 0. The van der Waals surface area contributed by atoms with Gasteiger partial charge in [-0.25, -0.2) is 0 Å². The van der Waals surface area contributed by atoms with Crippen LogP contribution in [0.2, 0.25) is 0 Å². The Hall–Kier alpha value is -2.42. The van der Waals surface area contributed by atoms with E-state index in [4.69, 9.17) is 24.4 Å². The molecule has 0 atom stereocenters. The van der Waals surface area contributed by atoms with Gasteiger partial charge in [-0.2, -0.15) is 0 Å². The molecule has 248 valence electrons. The second-order valence-corrected chi connectivity index (χ2v) is 16.3. The quantitative estimate of drug-likeness (QED) is 0.128. The molecule has 0 fully saturated rings. The number of thiocarbonyl (C=S) groups is 2. The van der Waals surface area contributed by atoms with E-state index in [1.165, 1.54) is 9.13 Å². The lowest BCUT2D eigenvalue weighted by Gasteiger charge is -2.27. The largest absolute Gasteiger partial charge is 0.494 e. The van der Waals surface area contributed by atoms with Crippen LogP contribution in [0.1, 0.15) is 58.1 Å². The standard InChI is InChI=1S/C31H46N6O4S4/c1-30(2,18-36-24(38)16-22-20(26(36)40)6-14-44-22)8-12-34-28(42)32-10-5-11-33-29(43)35-13-9-31(3,4)19-37-25(39)17-23-21(27(37)41)7-15-45-23/h16-17,40-41H,5-15,18-19H2,1-4H3,(H2,32,34,42)(H2,33,35,43). The summed E-state index contributed by atoms with van der Waals surface area (Å²) in [5.74, 6) is 2.02. The molecule has 0 aliphatic carbocycles. The van der Waals surface area contributed by atoms with E-state index in [0.29, 0.717) is 49.5 Å². The highest BCUT2D eigenvalue weighted by Crippen LogP contribution is 2.37. The average Bonchev–Trinajstić information content (AvgIpc) is 3.63. The molecule has 4 rings (SSSR count). The summed E-state index contributed by atoms with van der Waals surface area (Å²) in [6.45, 7) is 11.9. The molecule has 0 saturated carbocycles. The van der Waals surface area contributed by atoms with Crippen molar-refractivity contribution < 1.29 is 10.2 Å². The van der Waals surface area contributed by atoms with Gasteiger partial charge in [0, 0.05) is 83.8 Å². The van der Waals surface area contributed by atoms with Crippen molar-refractivity contribution in [2.24, 2.45) is 10.8 Å². The van der Waals surface area contributed by atoms with Crippen LogP contribution in [0.4, 0.5) is 0 Å². The van der Waals surface area contributed by atoms with Crippen molar-refractivity contribution in [3.63, 3.8) is 0 Å². The Kier molecular flexibility index (Phi) is 12.2. The van der Waals surface area contributed by atoms with Gasteiger partial charge in [0.05, 0.1) is 0 Å². The Morgan fingerprint density at radius 2 is 1.11 bits per heavy atom. The predicted octanol–water partition coefficient (Wildman–Crippen LogP) is 3.57. The van der Waals surface area contributed by atoms with Crippen molar-refractivity contribution in [1.29, 1.82) is 0 Å². The maximum absolute atomic E-state index is 12.6. The Morgan fingerprint density at radius 3 is 1.51 bits per heavy atom. The third-order valence-electron chi connectivity index (χ3n) is 8.18. The first kappa shape index (κ1) is 35.4. The van der Waals surface area contributed by atoms with Crippen molar-refractivity contribution in [3.8, 4) is 11.8 Å². The van der Waals surface area contributed by atoms with Crippen molar-refractivity contribution >= 4 is 58.2 Å². The van der Waals surface area contributed by atoms with Gasteiger partial charge in [0.2, 0.25) is 0 Å². The van der Waals surface area contributed by atoms with Crippen molar-refractivity contribution in [3.05, 3.63) is 44.0 Å². The van der Waals surface area contributed by atoms with Crippen LogP contribution in [-0.4, -0.2) is 67.3 Å². The zero-order valence-electron chi connectivity index (χ0n) is 26.6. The maximum Gasteiger partial charge on any atom is 0.254 e. The Morgan fingerprint density at radius 1 is 0.733 bits per heavy atom. The van der Waals surface area contributed by atoms with Gasteiger partial charge in [0.25, 0.3) is 11.1 Å². The first-order chi connectivity index (χ1) is 21.3. The molecular weight excluding hydrogens is 649 g/mol. The van der Waals surface area contributed by atoms with Crippen LogP contribution < -0.4 is 32.4 Å². The first-order valence-electron chi connectivity index (χ1n) is 15.5. The molecule has 2 aromatic heterocycles. The minimum Gasteiger partial charge on any atom is -0.494 e. The van der Waals surface area contributed by atoms with Crippen LogP contribution in [0, 0.1) is 10.8 Å². The fourth-order valence-corrected chi connectivity index (χ4v) is 8.09. The van der Waals surface area contributed by atoms with Crippen LogP contribution in [0.15, 0.2) is 31.5 Å². The number of rotatable bonds is 14. The minimum absolute atomic E-state index is 0.108. The van der Waals surface area contributed by atoms with Gasteiger partial charge in [0.1, 0.15) is 0 Å². The van der Waals surface area contributed by atoms with Crippen LogP contribution in [0.5, 0.6) is 11.8 Å². The monoisotopic (exact) mass is 694 g/mol. The summed E-state index contributed by atoms with van der Waals surface area (Å²) in [5, 5.41) is 35.4. The molecule has 6 N–H and O–H groups in total. The number of nitrogens with one attached hydrogen (secondary N) is 4. The number of hydrogen-bond acceptors (Lipinski definition) is 8. The summed E-state index contributed by atoms with van der Waals surface area (Å²) in [6, 6.07) is 3.29. The molecule has 0 unspecified atom stereocenters. The van der Waals surface area contributed by atoms with Gasteiger partial charge in [0.15, 0.2) is 22.0 Å². The number of nitrogens with zero attached hydrogens (tertiary/aromatic N) is 2. The second-order valence-electron chi connectivity index (χ2n) is 13.2. The van der Waals surface area contributed by atoms with Gasteiger partial charge >= 0.3 is 0 Å². The number of pyridine rings is 2. The number of aromatic nitrogens is 2. The number of fused-ring (bicyclic) bond motifs is 2. The van der Waals surface area contributed by atoms with Gasteiger partial charge in [-0.05, 0) is 67.4 Å². The third kappa shape index (κ3) is 9.79. The van der Waals surface area contributed by atoms with Crippen LogP contribution in [0.25, 0.3) is 0 Å². The summed E-state index contributed by atoms with van der Waals surface area (Å²) < 4.78 is 2.99. The van der Waals surface area contributed by atoms with E-state index < -0.39 is 0 Å². The minimum atomic E-state index is -0.216. The fourth-order valence-electron chi connectivity index (χ4n) is 5.53.